The first-order valence-corrected chi connectivity index (χ1v) is 12.2. The smallest absolute Gasteiger partial charge is 0.377 e. The van der Waals surface area contributed by atoms with Crippen LogP contribution in [0.1, 0.15) is 24.2 Å². The first-order valence-electron chi connectivity index (χ1n) is 11.8. The van der Waals surface area contributed by atoms with Crippen molar-refractivity contribution in [2.75, 3.05) is 44.3 Å². The third-order valence-corrected chi connectivity index (χ3v) is 8.36. The fraction of sp³-hybridized carbons (Fsp3) is 0.609. The normalized spacial score (nSPS) is 24.7. The Morgan fingerprint density at radius 1 is 1.09 bits per heavy atom. The van der Waals surface area contributed by atoms with Crippen LogP contribution in [0, 0.1) is 11.3 Å². The quantitative estimate of drug-likeness (QED) is 0.635. The van der Waals surface area contributed by atoms with Crippen LogP contribution in [-0.2, 0) is 22.6 Å². The molecular formula is C23H24ClF3N6O2. The fourth-order valence-electron chi connectivity index (χ4n) is 5.93. The second kappa shape index (κ2) is 7.10. The minimum Gasteiger partial charge on any atom is -0.377 e. The van der Waals surface area contributed by atoms with Crippen LogP contribution in [0.25, 0.3) is 5.69 Å². The van der Waals surface area contributed by atoms with Gasteiger partial charge in [-0.1, -0.05) is 11.6 Å². The molecule has 0 atom stereocenters. The lowest BCUT2D eigenvalue weighted by molar-refractivity contribution is -0.310. The lowest BCUT2D eigenvalue weighted by atomic mass is 9.73. The Balaban J connectivity index is 1.19. The summed E-state index contributed by atoms with van der Waals surface area (Å²) in [6.07, 6.45) is -2.44. The second-order valence-corrected chi connectivity index (χ2v) is 11.2. The molecule has 0 radical (unpaired) electrons. The molecule has 0 bridgehead atoms. The summed E-state index contributed by atoms with van der Waals surface area (Å²) in [6, 6.07) is 5.28. The molecule has 4 aliphatic heterocycles. The number of carbonyl (C=O) groups excluding carboxylic acids is 1. The highest BCUT2D eigenvalue weighted by Gasteiger charge is 2.64. The number of halogens is 4. The van der Waals surface area contributed by atoms with Gasteiger partial charge in [0.15, 0.2) is 11.4 Å². The van der Waals surface area contributed by atoms with Crippen LogP contribution >= 0.6 is 11.6 Å². The maximum atomic E-state index is 14.1. The van der Waals surface area contributed by atoms with Crippen LogP contribution in [0.5, 0.6) is 0 Å². The molecule has 1 aromatic carbocycles. The highest BCUT2D eigenvalue weighted by atomic mass is 35.5. The van der Waals surface area contributed by atoms with E-state index in [1.54, 1.807) is 12.1 Å². The number of amides is 1. The molecule has 1 amide bonds. The topological polar surface area (TPSA) is 66.7 Å². The van der Waals surface area contributed by atoms with Gasteiger partial charge in [-0.05, 0) is 36.6 Å². The van der Waals surface area contributed by atoms with Crippen molar-refractivity contribution >= 4 is 23.5 Å². The molecule has 1 saturated carbocycles. The predicted molar refractivity (Wildman–Crippen MR) is 119 cm³/mol. The molecule has 0 unspecified atom stereocenters. The molecule has 1 aromatic heterocycles. The molecule has 186 valence electrons. The van der Waals surface area contributed by atoms with Gasteiger partial charge in [0, 0.05) is 49.1 Å². The van der Waals surface area contributed by atoms with Gasteiger partial charge >= 0.3 is 6.18 Å². The van der Waals surface area contributed by atoms with Gasteiger partial charge in [-0.3, -0.25) is 14.3 Å². The third kappa shape index (κ3) is 3.17. The number of hydrogen-bond donors (Lipinski definition) is 0. The summed E-state index contributed by atoms with van der Waals surface area (Å²) in [7, 11) is 0. The van der Waals surface area contributed by atoms with Crippen LogP contribution in [0.2, 0.25) is 5.02 Å². The van der Waals surface area contributed by atoms with Gasteiger partial charge in [0.05, 0.1) is 25.4 Å². The minimum atomic E-state index is -4.44. The van der Waals surface area contributed by atoms with Crippen molar-refractivity contribution in [3.63, 3.8) is 0 Å². The molecule has 5 aliphatic rings. The molecule has 3 saturated heterocycles. The van der Waals surface area contributed by atoms with Crippen molar-refractivity contribution in [2.24, 2.45) is 11.3 Å². The molecule has 0 N–H and O–H groups in total. The van der Waals surface area contributed by atoms with Crippen molar-refractivity contribution in [3.05, 3.63) is 34.6 Å². The Morgan fingerprint density at radius 3 is 2.46 bits per heavy atom. The van der Waals surface area contributed by atoms with Gasteiger partial charge in [-0.15, -0.1) is 10.2 Å². The number of hydrogen-bond acceptors (Lipinski definition) is 6. The summed E-state index contributed by atoms with van der Waals surface area (Å²) < 4.78 is 49.4. The van der Waals surface area contributed by atoms with Crippen LogP contribution in [0.4, 0.5) is 19.1 Å². The van der Waals surface area contributed by atoms with Crippen molar-refractivity contribution in [1.29, 1.82) is 0 Å². The van der Waals surface area contributed by atoms with Gasteiger partial charge in [-0.2, -0.15) is 13.2 Å². The monoisotopic (exact) mass is 508 g/mol. The summed E-state index contributed by atoms with van der Waals surface area (Å²) in [5.74, 6) is 1.57. The van der Waals surface area contributed by atoms with E-state index in [0.717, 1.165) is 44.7 Å². The highest BCUT2D eigenvalue weighted by molar-refractivity contribution is 6.30. The molecular weight excluding hydrogens is 485 g/mol. The van der Waals surface area contributed by atoms with Crippen molar-refractivity contribution in [1.82, 2.24) is 24.6 Å². The second-order valence-electron chi connectivity index (χ2n) is 10.7. The number of ether oxygens (including phenoxy) is 1. The molecule has 1 aliphatic carbocycles. The Bertz CT molecular complexity index is 1210. The van der Waals surface area contributed by atoms with Gasteiger partial charge in [0.2, 0.25) is 11.9 Å². The number of carbonyl (C=O) groups is 1. The number of nitrogens with zero attached hydrogens (tertiary/aromatic N) is 6. The van der Waals surface area contributed by atoms with Crippen LogP contribution in [0.15, 0.2) is 18.2 Å². The van der Waals surface area contributed by atoms with Gasteiger partial charge in [0.1, 0.15) is 0 Å². The molecule has 8 nitrogen and oxygen atoms in total. The van der Waals surface area contributed by atoms with E-state index >= 15 is 0 Å². The number of likely N-dealkylation sites (tertiary alicyclic amines) is 1. The van der Waals surface area contributed by atoms with E-state index in [0.29, 0.717) is 22.4 Å². The Hall–Kier alpha value is -2.37. The molecule has 5 heterocycles. The molecule has 4 fully saturated rings. The van der Waals surface area contributed by atoms with E-state index in [9.17, 15) is 18.0 Å². The van der Waals surface area contributed by atoms with E-state index < -0.39 is 24.9 Å². The standard InChI is InChI=1S/C23H24ClF3N6O2/c24-16-3-4-17-15(5-16)6-32(22(12-35-13-22)23(25,26)27)7-18-28-29-20(33(17)18)31-10-21(11-31)8-30(9-21)19(34)14-1-2-14/h3-5,14H,1-2,6-13H2. The predicted octanol–water partition coefficient (Wildman–Crippen LogP) is 2.63. The summed E-state index contributed by atoms with van der Waals surface area (Å²) in [5.41, 5.74) is -0.560. The Morgan fingerprint density at radius 2 is 1.83 bits per heavy atom. The Kier molecular flexibility index (Phi) is 4.44. The van der Waals surface area contributed by atoms with Crippen molar-refractivity contribution in [2.45, 2.75) is 37.6 Å². The lowest BCUT2D eigenvalue weighted by Crippen LogP contribution is -2.73. The number of fused-ring (bicyclic) bond motifs is 3. The van der Waals surface area contributed by atoms with E-state index in [1.807, 2.05) is 15.5 Å². The van der Waals surface area contributed by atoms with Crippen LogP contribution < -0.4 is 4.90 Å². The van der Waals surface area contributed by atoms with E-state index in [1.165, 1.54) is 4.90 Å². The maximum Gasteiger partial charge on any atom is 0.411 e. The number of rotatable bonds is 3. The molecule has 1 spiro atoms. The summed E-state index contributed by atoms with van der Waals surface area (Å²) in [5, 5.41) is 9.21. The number of aromatic nitrogens is 3. The first-order chi connectivity index (χ1) is 16.7. The third-order valence-electron chi connectivity index (χ3n) is 8.13. The molecule has 12 heteroatoms. The number of alkyl halides is 3. The summed E-state index contributed by atoms with van der Waals surface area (Å²) >= 11 is 6.25. The average Bonchev–Trinajstić information content (AvgIpc) is 3.48. The number of anilines is 1. The van der Waals surface area contributed by atoms with Gasteiger partial charge < -0.3 is 14.5 Å². The van der Waals surface area contributed by atoms with Crippen molar-refractivity contribution < 1.29 is 22.7 Å². The number of benzene rings is 1. The largest absolute Gasteiger partial charge is 0.411 e. The van der Waals surface area contributed by atoms with E-state index in [4.69, 9.17) is 16.3 Å². The van der Waals surface area contributed by atoms with Crippen LogP contribution in [0.3, 0.4) is 0 Å². The van der Waals surface area contributed by atoms with Gasteiger partial charge in [0.25, 0.3) is 0 Å². The minimum absolute atomic E-state index is 0.00911. The fourth-order valence-corrected chi connectivity index (χ4v) is 6.12. The van der Waals surface area contributed by atoms with Crippen LogP contribution in [-0.4, -0.2) is 81.6 Å². The maximum absolute atomic E-state index is 14.1. The molecule has 7 rings (SSSR count). The highest BCUT2D eigenvalue weighted by Crippen LogP contribution is 2.47. The zero-order valence-corrected chi connectivity index (χ0v) is 19.6. The van der Waals surface area contributed by atoms with E-state index in [-0.39, 0.29) is 30.3 Å². The molecule has 35 heavy (non-hydrogen) atoms. The van der Waals surface area contributed by atoms with E-state index in [2.05, 4.69) is 15.1 Å². The first kappa shape index (κ1) is 21.9. The van der Waals surface area contributed by atoms with Crippen molar-refractivity contribution in [3.8, 4) is 5.69 Å². The summed E-state index contributed by atoms with van der Waals surface area (Å²) in [6.45, 7) is 2.26. The molecule has 2 aromatic rings. The SMILES string of the molecule is O=C(C1CC1)N1CC2(C1)CN(c1nnc3n1-c1ccc(Cl)cc1CN(C1(C(F)(F)F)COC1)C3)C2. The zero-order chi connectivity index (χ0) is 24.2. The average molecular weight is 509 g/mol. The van der Waals surface area contributed by atoms with Gasteiger partial charge in [-0.25, -0.2) is 0 Å². The zero-order valence-electron chi connectivity index (χ0n) is 18.9. The summed E-state index contributed by atoms with van der Waals surface area (Å²) in [4.78, 5) is 17.8. The lowest BCUT2D eigenvalue weighted by Gasteiger charge is -2.60. The Labute approximate surface area is 204 Å².